The Labute approximate surface area is 112 Å². The summed E-state index contributed by atoms with van der Waals surface area (Å²) < 4.78 is 2.48. The van der Waals surface area contributed by atoms with Crippen LogP contribution in [0, 0.1) is 20.8 Å². The number of aryl methyl sites for hydroxylation is 2. The predicted octanol–water partition coefficient (Wildman–Crippen LogP) is 2.05. The summed E-state index contributed by atoms with van der Waals surface area (Å²) in [4.78, 5) is 19.1. The molecule has 0 fully saturated rings. The average molecular weight is 311 g/mol. The lowest BCUT2D eigenvalue weighted by Crippen LogP contribution is -2.10. The number of aromatic nitrogens is 4. The summed E-state index contributed by atoms with van der Waals surface area (Å²) in [7, 11) is 0. The Morgan fingerprint density at radius 1 is 1.33 bits per heavy atom. The van der Waals surface area contributed by atoms with Crippen LogP contribution in [-0.2, 0) is 0 Å². The number of halogens is 1. The quantitative estimate of drug-likeness (QED) is 0.918. The zero-order valence-corrected chi connectivity index (χ0v) is 11.7. The van der Waals surface area contributed by atoms with Gasteiger partial charge in [-0.1, -0.05) is 0 Å². The zero-order chi connectivity index (χ0) is 13.4. The number of carbonyl (C=O) groups is 1. The molecule has 0 aliphatic carbocycles. The predicted molar refractivity (Wildman–Crippen MR) is 68.0 cm³/mol. The third kappa shape index (κ3) is 2.01. The van der Waals surface area contributed by atoms with Crippen molar-refractivity contribution in [1.82, 2.24) is 19.7 Å². The zero-order valence-electron chi connectivity index (χ0n) is 10.1. The molecule has 2 aromatic rings. The molecule has 7 heteroatoms. The van der Waals surface area contributed by atoms with Gasteiger partial charge in [-0.3, -0.25) is 0 Å². The van der Waals surface area contributed by atoms with Crippen LogP contribution in [0.5, 0.6) is 0 Å². The number of rotatable bonds is 2. The molecule has 1 N–H and O–H groups in total. The van der Waals surface area contributed by atoms with Gasteiger partial charge in [-0.25, -0.2) is 19.4 Å². The summed E-state index contributed by atoms with van der Waals surface area (Å²) in [6.07, 6.45) is 1.30. The SMILES string of the molecule is Cc1nc(-n2nc(C)c(Br)c2C)ncc1C(=O)O. The molecular formula is C11H11BrN4O2. The Morgan fingerprint density at radius 2 is 2.00 bits per heavy atom. The molecular weight excluding hydrogens is 300 g/mol. The van der Waals surface area contributed by atoms with Crippen molar-refractivity contribution in [1.29, 1.82) is 0 Å². The third-order valence-corrected chi connectivity index (χ3v) is 3.74. The van der Waals surface area contributed by atoms with E-state index in [4.69, 9.17) is 5.11 Å². The van der Waals surface area contributed by atoms with Crippen LogP contribution >= 0.6 is 15.9 Å². The molecule has 0 aliphatic rings. The van der Waals surface area contributed by atoms with E-state index in [2.05, 4.69) is 31.0 Å². The van der Waals surface area contributed by atoms with Crippen LogP contribution in [0.15, 0.2) is 10.7 Å². The number of hydrogen-bond donors (Lipinski definition) is 1. The van der Waals surface area contributed by atoms with Gasteiger partial charge in [0.1, 0.15) is 0 Å². The van der Waals surface area contributed by atoms with E-state index in [1.54, 1.807) is 11.6 Å². The molecule has 18 heavy (non-hydrogen) atoms. The second kappa shape index (κ2) is 4.49. The molecule has 0 aromatic carbocycles. The van der Waals surface area contributed by atoms with E-state index in [0.29, 0.717) is 11.6 Å². The van der Waals surface area contributed by atoms with E-state index in [-0.39, 0.29) is 5.56 Å². The highest BCUT2D eigenvalue weighted by atomic mass is 79.9. The van der Waals surface area contributed by atoms with Crippen LogP contribution in [-0.4, -0.2) is 30.8 Å². The van der Waals surface area contributed by atoms with Gasteiger partial charge in [0.15, 0.2) is 0 Å². The number of hydrogen-bond acceptors (Lipinski definition) is 4. The Hall–Kier alpha value is -1.76. The van der Waals surface area contributed by atoms with Crippen molar-refractivity contribution < 1.29 is 9.90 Å². The Morgan fingerprint density at radius 3 is 2.44 bits per heavy atom. The number of nitrogens with zero attached hydrogens (tertiary/aromatic N) is 4. The van der Waals surface area contributed by atoms with E-state index >= 15 is 0 Å². The van der Waals surface area contributed by atoms with Crippen LogP contribution < -0.4 is 0 Å². The van der Waals surface area contributed by atoms with Crippen LogP contribution in [0.2, 0.25) is 0 Å². The number of carboxylic acid groups (broad SMARTS) is 1. The fourth-order valence-electron chi connectivity index (χ4n) is 1.59. The molecule has 94 valence electrons. The Kier molecular flexibility index (Phi) is 3.16. The van der Waals surface area contributed by atoms with Crippen molar-refractivity contribution in [2.75, 3.05) is 0 Å². The highest BCUT2D eigenvalue weighted by Crippen LogP contribution is 2.21. The van der Waals surface area contributed by atoms with Crippen molar-refractivity contribution in [2.45, 2.75) is 20.8 Å². The summed E-state index contributed by atoms with van der Waals surface area (Å²) in [5.74, 6) is -0.669. The normalized spacial score (nSPS) is 10.7. The molecule has 2 aromatic heterocycles. The van der Waals surface area contributed by atoms with Gasteiger partial charge in [0.25, 0.3) is 5.95 Å². The molecule has 6 nitrogen and oxygen atoms in total. The summed E-state index contributed by atoms with van der Waals surface area (Å²) in [6, 6.07) is 0. The van der Waals surface area contributed by atoms with Gasteiger partial charge >= 0.3 is 5.97 Å². The standard InChI is InChI=1S/C11H11BrN4O2/c1-5-8(10(17)18)4-13-11(14-5)16-7(3)9(12)6(2)15-16/h4H,1-3H3,(H,17,18). The third-order valence-electron chi connectivity index (χ3n) is 2.59. The Balaban J connectivity index is 2.55. The van der Waals surface area contributed by atoms with Gasteiger partial charge < -0.3 is 5.11 Å². The summed E-state index contributed by atoms with van der Waals surface area (Å²) >= 11 is 3.42. The lowest BCUT2D eigenvalue weighted by Gasteiger charge is -2.05. The maximum absolute atomic E-state index is 10.9. The molecule has 0 bridgehead atoms. The Bertz CT molecular complexity index is 636. The van der Waals surface area contributed by atoms with Crippen LogP contribution in [0.25, 0.3) is 5.95 Å². The molecule has 0 unspecified atom stereocenters. The second-order valence-corrected chi connectivity index (χ2v) is 4.66. The van der Waals surface area contributed by atoms with Gasteiger partial charge in [-0.05, 0) is 36.7 Å². The van der Waals surface area contributed by atoms with Crippen LogP contribution in [0.4, 0.5) is 0 Å². The van der Waals surface area contributed by atoms with E-state index in [0.717, 1.165) is 15.9 Å². The summed E-state index contributed by atoms with van der Waals surface area (Å²) in [5, 5.41) is 13.2. The maximum atomic E-state index is 10.9. The molecule has 0 saturated heterocycles. The van der Waals surface area contributed by atoms with Gasteiger partial charge in [-0.15, -0.1) is 0 Å². The average Bonchev–Trinajstić information content (AvgIpc) is 2.56. The molecule has 0 spiro atoms. The lowest BCUT2D eigenvalue weighted by molar-refractivity contribution is 0.0695. The topological polar surface area (TPSA) is 80.9 Å². The summed E-state index contributed by atoms with van der Waals surface area (Å²) in [6.45, 7) is 5.38. The van der Waals surface area contributed by atoms with Crippen molar-refractivity contribution in [3.8, 4) is 5.95 Å². The van der Waals surface area contributed by atoms with Crippen molar-refractivity contribution in [2.24, 2.45) is 0 Å². The van der Waals surface area contributed by atoms with Crippen molar-refractivity contribution in [3.63, 3.8) is 0 Å². The minimum absolute atomic E-state index is 0.0966. The molecule has 0 saturated carbocycles. The first-order chi connectivity index (χ1) is 8.41. The fourth-order valence-corrected chi connectivity index (χ4v) is 1.83. The monoisotopic (exact) mass is 310 g/mol. The minimum atomic E-state index is -1.03. The second-order valence-electron chi connectivity index (χ2n) is 3.87. The first-order valence-corrected chi connectivity index (χ1v) is 6.00. The highest BCUT2D eigenvalue weighted by molar-refractivity contribution is 9.10. The summed E-state index contributed by atoms with van der Waals surface area (Å²) in [5.41, 5.74) is 2.21. The highest BCUT2D eigenvalue weighted by Gasteiger charge is 2.15. The molecule has 2 rings (SSSR count). The molecule has 0 aliphatic heterocycles. The van der Waals surface area contributed by atoms with E-state index in [9.17, 15) is 4.79 Å². The largest absolute Gasteiger partial charge is 0.478 e. The minimum Gasteiger partial charge on any atom is -0.478 e. The maximum Gasteiger partial charge on any atom is 0.339 e. The van der Waals surface area contributed by atoms with Crippen LogP contribution in [0.1, 0.15) is 27.4 Å². The number of carboxylic acids is 1. The molecule has 0 atom stereocenters. The van der Waals surface area contributed by atoms with E-state index in [1.165, 1.54) is 6.20 Å². The van der Waals surface area contributed by atoms with Gasteiger partial charge in [-0.2, -0.15) is 5.10 Å². The van der Waals surface area contributed by atoms with E-state index < -0.39 is 5.97 Å². The van der Waals surface area contributed by atoms with Gasteiger partial charge in [0.2, 0.25) is 0 Å². The van der Waals surface area contributed by atoms with Crippen LogP contribution in [0.3, 0.4) is 0 Å². The van der Waals surface area contributed by atoms with Gasteiger partial charge in [0.05, 0.1) is 27.1 Å². The van der Waals surface area contributed by atoms with Gasteiger partial charge in [0, 0.05) is 6.20 Å². The van der Waals surface area contributed by atoms with E-state index in [1.807, 2.05) is 13.8 Å². The molecule has 0 radical (unpaired) electrons. The first kappa shape index (κ1) is 12.7. The lowest BCUT2D eigenvalue weighted by atomic mass is 10.2. The fraction of sp³-hybridized carbons (Fsp3) is 0.273. The molecule has 2 heterocycles. The van der Waals surface area contributed by atoms with Crippen molar-refractivity contribution >= 4 is 21.9 Å². The molecule has 0 amide bonds. The first-order valence-electron chi connectivity index (χ1n) is 5.21. The van der Waals surface area contributed by atoms with Crippen molar-refractivity contribution in [3.05, 3.63) is 33.3 Å². The number of aromatic carboxylic acids is 1. The smallest absolute Gasteiger partial charge is 0.339 e.